The van der Waals surface area contributed by atoms with Gasteiger partial charge in [-0.2, -0.15) is 0 Å². The van der Waals surface area contributed by atoms with Gasteiger partial charge in [0.1, 0.15) is 13.1 Å². The van der Waals surface area contributed by atoms with Crippen molar-refractivity contribution in [1.29, 1.82) is 0 Å². The van der Waals surface area contributed by atoms with Crippen molar-refractivity contribution in [2.24, 2.45) is 0 Å². The lowest BCUT2D eigenvalue weighted by Crippen LogP contribution is -3.11. The molecule has 4 nitrogen and oxygen atoms in total. The molecule has 2 rings (SSSR count). The zero-order valence-corrected chi connectivity index (χ0v) is 11.8. The molecule has 0 aliphatic heterocycles. The maximum Gasteiger partial charge on any atom is 0.216 e. The molecule has 1 N–H and O–H groups in total. The van der Waals surface area contributed by atoms with Crippen molar-refractivity contribution in [3.05, 3.63) is 60.2 Å². The molecular formula is C17H17NO3. The van der Waals surface area contributed by atoms with Crippen LogP contribution in [-0.4, -0.2) is 31.9 Å². The number of hydrogen-bond donors (Lipinski definition) is 1. The van der Waals surface area contributed by atoms with Crippen LogP contribution in [-0.2, 0) is 4.79 Å². The summed E-state index contributed by atoms with van der Waals surface area (Å²) >= 11 is 0. The Balaban J connectivity index is 2.05. The fraction of sp³-hybridized carbons (Fsp3) is 0.176. The summed E-state index contributed by atoms with van der Waals surface area (Å²) in [4.78, 5) is 23.1. The highest BCUT2D eigenvalue weighted by Crippen LogP contribution is 2.19. The SMILES string of the molecule is C[NH+](CC(=O)[O-])CC(=O)c1ccc(-c2ccccc2)cc1. The maximum atomic E-state index is 12.1. The van der Waals surface area contributed by atoms with E-state index in [9.17, 15) is 14.7 Å². The van der Waals surface area contributed by atoms with E-state index in [2.05, 4.69) is 0 Å². The highest BCUT2D eigenvalue weighted by molar-refractivity contribution is 5.97. The van der Waals surface area contributed by atoms with Crippen molar-refractivity contribution in [1.82, 2.24) is 0 Å². The topological polar surface area (TPSA) is 61.6 Å². The summed E-state index contributed by atoms with van der Waals surface area (Å²) < 4.78 is 0. The summed E-state index contributed by atoms with van der Waals surface area (Å²) in [7, 11) is 1.66. The summed E-state index contributed by atoms with van der Waals surface area (Å²) in [6.07, 6.45) is 0. The van der Waals surface area contributed by atoms with Gasteiger partial charge < -0.3 is 14.8 Å². The number of benzene rings is 2. The van der Waals surface area contributed by atoms with E-state index >= 15 is 0 Å². The third-order valence-electron chi connectivity index (χ3n) is 3.22. The average molecular weight is 283 g/mol. The van der Waals surface area contributed by atoms with Crippen LogP contribution in [0.4, 0.5) is 0 Å². The smallest absolute Gasteiger partial charge is 0.216 e. The molecule has 2 aromatic carbocycles. The number of carbonyl (C=O) groups excluding carboxylic acids is 2. The molecule has 0 saturated heterocycles. The Morgan fingerprint density at radius 3 is 2.05 bits per heavy atom. The van der Waals surface area contributed by atoms with Crippen molar-refractivity contribution < 1.29 is 19.6 Å². The van der Waals surface area contributed by atoms with Crippen LogP contribution in [0.1, 0.15) is 10.4 Å². The lowest BCUT2D eigenvalue weighted by atomic mass is 10.0. The zero-order chi connectivity index (χ0) is 15.2. The lowest BCUT2D eigenvalue weighted by Gasteiger charge is -2.13. The van der Waals surface area contributed by atoms with E-state index in [-0.39, 0.29) is 18.9 Å². The first-order valence-corrected chi connectivity index (χ1v) is 6.76. The van der Waals surface area contributed by atoms with Gasteiger partial charge >= 0.3 is 0 Å². The molecule has 0 amide bonds. The second-order valence-corrected chi connectivity index (χ2v) is 5.05. The Labute approximate surface area is 123 Å². The summed E-state index contributed by atoms with van der Waals surface area (Å²) in [5, 5.41) is 10.5. The molecule has 0 aromatic heterocycles. The molecule has 0 fully saturated rings. The molecule has 4 heteroatoms. The van der Waals surface area contributed by atoms with Gasteiger partial charge in [0.25, 0.3) is 0 Å². The van der Waals surface area contributed by atoms with Crippen LogP contribution in [0.5, 0.6) is 0 Å². The Morgan fingerprint density at radius 1 is 0.905 bits per heavy atom. The first-order valence-electron chi connectivity index (χ1n) is 6.76. The van der Waals surface area contributed by atoms with Crippen molar-refractivity contribution in [2.45, 2.75) is 0 Å². The number of ketones is 1. The van der Waals surface area contributed by atoms with Gasteiger partial charge in [-0.15, -0.1) is 0 Å². The minimum atomic E-state index is -1.15. The molecule has 21 heavy (non-hydrogen) atoms. The first-order chi connectivity index (χ1) is 10.1. The fourth-order valence-corrected chi connectivity index (χ4v) is 2.16. The number of carboxylic acids is 1. The largest absolute Gasteiger partial charge is 0.544 e. The molecular weight excluding hydrogens is 266 g/mol. The molecule has 108 valence electrons. The van der Waals surface area contributed by atoms with Crippen LogP contribution in [0.2, 0.25) is 0 Å². The average Bonchev–Trinajstić information content (AvgIpc) is 2.47. The summed E-state index contributed by atoms with van der Waals surface area (Å²) in [6.45, 7) is -0.0352. The van der Waals surface area contributed by atoms with Crippen LogP contribution in [0.25, 0.3) is 11.1 Å². The van der Waals surface area contributed by atoms with E-state index in [4.69, 9.17) is 0 Å². The van der Waals surface area contributed by atoms with E-state index in [1.165, 1.54) is 0 Å². The van der Waals surface area contributed by atoms with E-state index in [0.717, 1.165) is 11.1 Å². The Hall–Kier alpha value is -2.46. The Kier molecular flexibility index (Phi) is 4.85. The van der Waals surface area contributed by atoms with Crippen LogP contribution in [0, 0.1) is 0 Å². The van der Waals surface area contributed by atoms with Gasteiger partial charge in [-0.25, -0.2) is 0 Å². The molecule has 0 aliphatic rings. The number of rotatable bonds is 6. The summed E-state index contributed by atoms with van der Waals surface area (Å²) in [6, 6.07) is 17.3. The van der Waals surface area contributed by atoms with Crippen LogP contribution >= 0.6 is 0 Å². The quantitative estimate of drug-likeness (QED) is 0.747. The number of aliphatic carboxylic acids is 1. The number of carboxylic acid groups (broad SMARTS) is 1. The molecule has 0 spiro atoms. The third-order valence-corrected chi connectivity index (χ3v) is 3.22. The molecule has 0 saturated carbocycles. The van der Waals surface area contributed by atoms with E-state index in [1.54, 1.807) is 19.2 Å². The number of quaternary nitrogens is 1. The van der Waals surface area contributed by atoms with Crippen LogP contribution in [0.3, 0.4) is 0 Å². The minimum absolute atomic E-state index is 0.0756. The number of hydrogen-bond acceptors (Lipinski definition) is 3. The molecule has 2 aromatic rings. The molecule has 0 bridgehead atoms. The van der Waals surface area contributed by atoms with Crippen molar-refractivity contribution >= 4 is 11.8 Å². The van der Waals surface area contributed by atoms with Gasteiger partial charge in [0.05, 0.1) is 13.0 Å². The van der Waals surface area contributed by atoms with Gasteiger partial charge in [-0.1, -0.05) is 54.6 Å². The maximum absolute atomic E-state index is 12.1. The summed E-state index contributed by atoms with van der Waals surface area (Å²) in [5.41, 5.74) is 2.73. The predicted octanol–water partition coefficient (Wildman–Crippen LogP) is -0.199. The zero-order valence-electron chi connectivity index (χ0n) is 11.8. The second kappa shape index (κ2) is 6.81. The number of nitrogens with one attached hydrogen (secondary N) is 1. The Bertz CT molecular complexity index is 620. The van der Waals surface area contributed by atoms with Crippen LogP contribution in [0.15, 0.2) is 54.6 Å². The van der Waals surface area contributed by atoms with E-state index in [1.807, 2.05) is 42.5 Å². The van der Waals surface area contributed by atoms with Crippen molar-refractivity contribution in [2.75, 3.05) is 20.1 Å². The van der Waals surface area contributed by atoms with E-state index < -0.39 is 5.97 Å². The predicted molar refractivity (Wildman–Crippen MR) is 77.8 cm³/mol. The molecule has 1 atom stereocenters. The molecule has 0 aliphatic carbocycles. The highest BCUT2D eigenvalue weighted by Gasteiger charge is 2.12. The molecule has 1 unspecified atom stereocenters. The van der Waals surface area contributed by atoms with Crippen molar-refractivity contribution in [3.63, 3.8) is 0 Å². The standard InChI is InChI=1S/C17H17NO3/c1-18(12-17(20)21)11-16(19)15-9-7-14(8-10-15)13-5-3-2-4-6-13/h2-10H,11-12H2,1H3,(H,20,21). The van der Waals surface area contributed by atoms with Gasteiger partial charge in [0.15, 0.2) is 0 Å². The number of likely N-dealkylation sites (N-methyl/N-ethyl adjacent to an activating group) is 1. The number of Topliss-reactive ketones (excluding diaryl/α,β-unsaturated/α-hetero) is 1. The Morgan fingerprint density at radius 2 is 1.48 bits per heavy atom. The lowest BCUT2D eigenvalue weighted by molar-refractivity contribution is -0.864. The fourth-order valence-electron chi connectivity index (χ4n) is 2.16. The van der Waals surface area contributed by atoms with Crippen LogP contribution < -0.4 is 10.0 Å². The normalized spacial score (nSPS) is 11.9. The van der Waals surface area contributed by atoms with Gasteiger partial charge in [0.2, 0.25) is 5.78 Å². The second-order valence-electron chi connectivity index (χ2n) is 5.05. The summed E-state index contributed by atoms with van der Waals surface area (Å²) in [5.74, 6) is -1.23. The third kappa shape index (κ3) is 4.26. The minimum Gasteiger partial charge on any atom is -0.544 e. The van der Waals surface area contributed by atoms with E-state index in [0.29, 0.717) is 10.5 Å². The van der Waals surface area contributed by atoms with Gasteiger partial charge in [0, 0.05) is 5.56 Å². The van der Waals surface area contributed by atoms with Gasteiger partial charge in [-0.3, -0.25) is 4.79 Å². The van der Waals surface area contributed by atoms with Gasteiger partial charge in [-0.05, 0) is 11.1 Å². The monoisotopic (exact) mass is 283 g/mol. The molecule has 0 radical (unpaired) electrons. The van der Waals surface area contributed by atoms with Crippen molar-refractivity contribution in [3.8, 4) is 11.1 Å². The molecule has 0 heterocycles. The highest BCUT2D eigenvalue weighted by atomic mass is 16.4. The first kappa shape index (κ1) is 14.9. The number of carbonyl (C=O) groups is 2.